The molecule has 3 rings (SSSR count). The van der Waals surface area contributed by atoms with Crippen LogP contribution in [0.15, 0.2) is 18.2 Å². The van der Waals surface area contributed by atoms with E-state index in [4.69, 9.17) is 33.0 Å². The van der Waals surface area contributed by atoms with Crippen LogP contribution < -0.4 is 5.32 Å². The van der Waals surface area contributed by atoms with Crippen LogP contribution in [-0.2, 0) is 9.53 Å². The maximum absolute atomic E-state index is 11.1. The van der Waals surface area contributed by atoms with Crippen molar-refractivity contribution in [2.45, 2.75) is 24.9 Å². The van der Waals surface area contributed by atoms with E-state index >= 15 is 0 Å². The maximum Gasteiger partial charge on any atom is 0.306 e. The molecule has 1 aromatic carbocycles. The molecule has 2 atom stereocenters. The number of hydrogen-bond donors (Lipinski definition) is 2. The van der Waals surface area contributed by atoms with Gasteiger partial charge in [-0.1, -0.05) is 29.3 Å². The van der Waals surface area contributed by atoms with Gasteiger partial charge in [0.1, 0.15) is 0 Å². The van der Waals surface area contributed by atoms with Gasteiger partial charge in [-0.3, -0.25) is 4.79 Å². The Labute approximate surface area is 182 Å². The average Bonchev–Trinajstić information content (AvgIpc) is 2.83. The molecular weight excluding hydrogens is 434 g/mol. The average molecular weight is 460 g/mol. The summed E-state index contributed by atoms with van der Waals surface area (Å²) in [6, 6.07) is 5.77. The molecule has 2 aliphatic rings. The first kappa shape index (κ1) is 24.8. The van der Waals surface area contributed by atoms with Crippen molar-refractivity contribution in [1.82, 2.24) is 10.2 Å². The van der Waals surface area contributed by atoms with Gasteiger partial charge in [0.2, 0.25) is 0 Å². The van der Waals surface area contributed by atoms with Crippen molar-refractivity contribution >= 4 is 54.0 Å². The molecule has 0 unspecified atom stereocenters. The van der Waals surface area contributed by atoms with Gasteiger partial charge in [0, 0.05) is 25.6 Å². The van der Waals surface area contributed by atoms with E-state index in [9.17, 15) is 4.79 Å². The van der Waals surface area contributed by atoms with Crippen LogP contribution in [0.1, 0.15) is 24.3 Å². The van der Waals surface area contributed by atoms with Crippen molar-refractivity contribution in [1.29, 1.82) is 0 Å². The summed E-state index contributed by atoms with van der Waals surface area (Å²) in [5.74, 6) is -0.698. The lowest BCUT2D eigenvalue weighted by molar-refractivity contribution is -0.143. The first-order chi connectivity index (χ1) is 12.0. The Morgan fingerprint density at radius 2 is 1.93 bits per heavy atom. The van der Waals surface area contributed by atoms with Crippen LogP contribution in [0.3, 0.4) is 0 Å². The van der Waals surface area contributed by atoms with Crippen LogP contribution in [0.25, 0.3) is 0 Å². The monoisotopic (exact) mass is 458 g/mol. The third-order valence-electron chi connectivity index (χ3n) is 5.17. The lowest BCUT2D eigenvalue weighted by Crippen LogP contribution is -2.43. The Bertz CT molecular complexity index is 612. The summed E-state index contributed by atoms with van der Waals surface area (Å²) in [6.07, 6.45) is 1.46. The highest BCUT2D eigenvalue weighted by molar-refractivity contribution is 6.42. The highest BCUT2D eigenvalue weighted by atomic mass is 35.5. The summed E-state index contributed by atoms with van der Waals surface area (Å²) >= 11 is 12.2. The molecular formula is C18H26Cl4N2O3. The van der Waals surface area contributed by atoms with Gasteiger partial charge >= 0.3 is 5.97 Å². The second-order valence-electron chi connectivity index (χ2n) is 6.81. The zero-order valence-electron chi connectivity index (χ0n) is 14.9. The number of nitrogens with zero attached hydrogens (tertiary/aromatic N) is 1. The Balaban J connectivity index is 0.00000182. The molecule has 2 N–H and O–H groups in total. The molecule has 9 heteroatoms. The maximum atomic E-state index is 11.1. The number of carbonyl (C=O) groups is 1. The molecule has 2 aliphatic heterocycles. The van der Waals surface area contributed by atoms with E-state index in [1.54, 1.807) is 0 Å². The fraction of sp³-hybridized carbons (Fsp3) is 0.611. The van der Waals surface area contributed by atoms with Crippen LogP contribution >= 0.6 is 48.0 Å². The zero-order chi connectivity index (χ0) is 17.8. The van der Waals surface area contributed by atoms with Crippen molar-refractivity contribution in [3.63, 3.8) is 0 Å². The third-order valence-corrected chi connectivity index (χ3v) is 5.91. The largest absolute Gasteiger partial charge is 0.481 e. The van der Waals surface area contributed by atoms with Gasteiger partial charge in [0.25, 0.3) is 0 Å². The van der Waals surface area contributed by atoms with Gasteiger partial charge in [-0.05, 0) is 43.6 Å². The minimum absolute atomic E-state index is 0. The number of benzene rings is 1. The van der Waals surface area contributed by atoms with Crippen LogP contribution in [0, 0.1) is 5.92 Å². The standard InChI is InChI=1S/C18H24Cl2N2O3.2ClH/c19-15-2-1-13(9-16(15)20)14-10-21-5-8-25-17(14)11-22-6-3-12(4-7-22)18(23)24;;/h1-2,9,12,14,17,21H,3-8,10-11H2,(H,23,24);2*1H/t14-,17+;;/m0../s1. The Kier molecular flexibility index (Phi) is 10.7. The van der Waals surface area contributed by atoms with Gasteiger partial charge in [0.05, 0.1) is 28.7 Å². The topological polar surface area (TPSA) is 61.8 Å². The summed E-state index contributed by atoms with van der Waals surface area (Å²) in [6.45, 7) is 4.74. The molecule has 27 heavy (non-hydrogen) atoms. The van der Waals surface area contributed by atoms with E-state index < -0.39 is 5.97 Å². The van der Waals surface area contributed by atoms with Gasteiger partial charge in [-0.15, -0.1) is 24.8 Å². The predicted molar refractivity (Wildman–Crippen MR) is 113 cm³/mol. The van der Waals surface area contributed by atoms with E-state index in [1.165, 1.54) is 0 Å². The molecule has 0 amide bonds. The number of nitrogens with one attached hydrogen (secondary N) is 1. The number of halogens is 4. The van der Waals surface area contributed by atoms with Crippen molar-refractivity contribution in [3.05, 3.63) is 33.8 Å². The summed E-state index contributed by atoms with van der Waals surface area (Å²) in [5, 5.41) is 13.7. The van der Waals surface area contributed by atoms with E-state index in [0.29, 0.717) is 29.5 Å². The zero-order valence-corrected chi connectivity index (χ0v) is 18.0. The smallest absolute Gasteiger partial charge is 0.306 e. The minimum Gasteiger partial charge on any atom is -0.481 e. The molecule has 2 saturated heterocycles. The Morgan fingerprint density at radius 3 is 2.56 bits per heavy atom. The number of carboxylic acids is 1. The molecule has 0 bridgehead atoms. The summed E-state index contributed by atoms with van der Waals surface area (Å²) in [4.78, 5) is 13.4. The SMILES string of the molecule is Cl.Cl.O=C(O)C1CCN(C[C@H]2OCCNC[C@H]2c2ccc(Cl)c(Cl)c2)CC1. The summed E-state index contributed by atoms with van der Waals surface area (Å²) in [5.41, 5.74) is 1.12. The molecule has 0 saturated carbocycles. The Hall–Kier alpha value is -0.270. The van der Waals surface area contributed by atoms with Crippen LogP contribution in [0.4, 0.5) is 0 Å². The van der Waals surface area contributed by atoms with Crippen LogP contribution in [0.5, 0.6) is 0 Å². The van der Waals surface area contributed by atoms with Crippen LogP contribution in [0.2, 0.25) is 10.0 Å². The first-order valence-corrected chi connectivity index (χ1v) is 9.52. The van der Waals surface area contributed by atoms with Gasteiger partial charge in [-0.25, -0.2) is 0 Å². The van der Waals surface area contributed by atoms with Gasteiger partial charge in [0.15, 0.2) is 0 Å². The number of ether oxygens (including phenoxy) is 1. The predicted octanol–water partition coefficient (Wildman–Crippen LogP) is 3.71. The Morgan fingerprint density at radius 1 is 1.22 bits per heavy atom. The summed E-state index contributed by atoms with van der Waals surface area (Å²) in [7, 11) is 0. The van der Waals surface area contributed by atoms with E-state index in [0.717, 1.165) is 38.3 Å². The molecule has 2 fully saturated rings. The summed E-state index contributed by atoms with van der Waals surface area (Å²) < 4.78 is 6.12. The van der Waals surface area contributed by atoms with E-state index in [1.807, 2.05) is 18.2 Å². The van der Waals surface area contributed by atoms with Crippen LogP contribution in [-0.4, -0.2) is 61.4 Å². The second kappa shape index (κ2) is 11.7. The third kappa shape index (κ3) is 6.64. The number of hydrogen-bond acceptors (Lipinski definition) is 4. The van der Waals surface area contributed by atoms with Crippen molar-refractivity contribution in [3.8, 4) is 0 Å². The molecule has 1 aromatic rings. The second-order valence-corrected chi connectivity index (χ2v) is 7.62. The van der Waals surface area contributed by atoms with Crippen molar-refractivity contribution < 1.29 is 14.6 Å². The fourth-order valence-electron chi connectivity index (χ4n) is 3.66. The number of likely N-dealkylation sites (tertiary alicyclic amines) is 1. The molecule has 154 valence electrons. The quantitative estimate of drug-likeness (QED) is 0.718. The number of carboxylic acid groups (broad SMARTS) is 1. The molecule has 5 nitrogen and oxygen atoms in total. The first-order valence-electron chi connectivity index (χ1n) is 8.77. The fourth-order valence-corrected chi connectivity index (χ4v) is 3.97. The van der Waals surface area contributed by atoms with Crippen molar-refractivity contribution in [2.75, 3.05) is 39.3 Å². The molecule has 2 heterocycles. The van der Waals surface area contributed by atoms with Gasteiger partial charge < -0.3 is 20.1 Å². The molecule has 0 aliphatic carbocycles. The number of aliphatic carboxylic acids is 1. The molecule has 0 aromatic heterocycles. The van der Waals surface area contributed by atoms with E-state index in [2.05, 4.69) is 10.2 Å². The normalized spacial score (nSPS) is 24.4. The number of piperidine rings is 1. The lowest BCUT2D eigenvalue weighted by Gasteiger charge is -2.35. The highest BCUT2D eigenvalue weighted by Gasteiger charge is 2.31. The van der Waals surface area contributed by atoms with Crippen molar-refractivity contribution in [2.24, 2.45) is 5.92 Å². The molecule has 0 spiro atoms. The number of rotatable bonds is 4. The highest BCUT2D eigenvalue weighted by Crippen LogP contribution is 2.30. The van der Waals surface area contributed by atoms with Gasteiger partial charge in [-0.2, -0.15) is 0 Å². The minimum atomic E-state index is -0.678. The molecule has 0 radical (unpaired) electrons. The lowest BCUT2D eigenvalue weighted by atomic mass is 9.91. The van der Waals surface area contributed by atoms with E-state index in [-0.39, 0.29) is 42.8 Å².